The van der Waals surface area contributed by atoms with E-state index in [1.165, 1.54) is 22.6 Å². The van der Waals surface area contributed by atoms with Gasteiger partial charge in [-0.05, 0) is 22.6 Å². The topological polar surface area (TPSA) is 47.0 Å². The van der Waals surface area contributed by atoms with Crippen LogP contribution in [0.3, 0.4) is 0 Å². The van der Waals surface area contributed by atoms with Crippen molar-refractivity contribution in [2.45, 2.75) is 11.3 Å². The van der Waals surface area contributed by atoms with Crippen LogP contribution in [0, 0.1) is 3.57 Å². The smallest absolute Gasteiger partial charge is 0.253 e. The monoisotopic (exact) mass is 387 g/mol. The van der Waals surface area contributed by atoms with E-state index in [0.29, 0.717) is 6.20 Å². The first-order valence-electron chi connectivity index (χ1n) is 3.32. The molecule has 0 fully saturated rings. The van der Waals surface area contributed by atoms with Crippen LogP contribution in [0.2, 0.25) is 5.02 Å². The highest BCUT2D eigenvalue weighted by molar-refractivity contribution is 14.1. The van der Waals surface area contributed by atoms with Gasteiger partial charge >= 0.3 is 0 Å². The third kappa shape index (κ3) is 2.89. The number of nitrogens with zero attached hydrogens (tertiary/aromatic N) is 1. The molecule has 0 radical (unpaired) electrons. The van der Waals surface area contributed by atoms with Crippen LogP contribution in [-0.2, 0) is 9.05 Å². The fourth-order valence-electron chi connectivity index (χ4n) is 0.784. The predicted octanol–water partition coefficient (Wildman–Crippen LogP) is 3.20. The van der Waals surface area contributed by atoms with Crippen molar-refractivity contribution < 1.29 is 17.2 Å². The summed E-state index contributed by atoms with van der Waals surface area (Å²) in [6.45, 7) is 0. The second kappa shape index (κ2) is 4.64. The number of hydrogen-bond donors (Lipinski definition) is 0. The predicted molar refractivity (Wildman–Crippen MR) is 60.0 cm³/mol. The molecular formula is C6H2Cl2F2INO2S. The van der Waals surface area contributed by atoms with E-state index in [4.69, 9.17) is 22.3 Å². The minimum absolute atomic E-state index is 0.119. The van der Waals surface area contributed by atoms with Crippen molar-refractivity contribution in [3.05, 3.63) is 20.5 Å². The van der Waals surface area contributed by atoms with Crippen LogP contribution in [0.5, 0.6) is 0 Å². The summed E-state index contributed by atoms with van der Waals surface area (Å²) >= 11 is 7.07. The molecule has 3 nitrogen and oxygen atoms in total. The second-order valence-electron chi connectivity index (χ2n) is 2.37. The molecule has 0 unspecified atom stereocenters. The first kappa shape index (κ1) is 13.3. The van der Waals surface area contributed by atoms with Gasteiger partial charge in [-0.1, -0.05) is 11.6 Å². The lowest BCUT2D eigenvalue weighted by atomic mass is 10.3. The highest BCUT2D eigenvalue weighted by atomic mass is 127. The van der Waals surface area contributed by atoms with Gasteiger partial charge in [0, 0.05) is 16.9 Å². The van der Waals surface area contributed by atoms with E-state index in [9.17, 15) is 17.2 Å². The average molecular weight is 388 g/mol. The molecule has 0 aliphatic rings. The molecule has 0 atom stereocenters. The number of halogens is 5. The van der Waals surface area contributed by atoms with Crippen molar-refractivity contribution in [3.63, 3.8) is 0 Å². The molecule has 0 amide bonds. The Morgan fingerprint density at radius 3 is 2.40 bits per heavy atom. The molecule has 0 aliphatic heterocycles. The molecule has 0 aromatic carbocycles. The average Bonchev–Trinajstić information content (AvgIpc) is 2.06. The summed E-state index contributed by atoms with van der Waals surface area (Å²) in [4.78, 5) is 2.83. The summed E-state index contributed by atoms with van der Waals surface area (Å²) in [5.41, 5.74) is -0.565. The normalized spacial score (nSPS) is 12.1. The van der Waals surface area contributed by atoms with E-state index < -0.39 is 26.1 Å². The molecule has 0 N–H and O–H groups in total. The maximum Gasteiger partial charge on any atom is 0.281 e. The van der Waals surface area contributed by atoms with Gasteiger partial charge in [-0.3, -0.25) is 4.98 Å². The zero-order valence-electron chi connectivity index (χ0n) is 6.72. The zero-order valence-corrected chi connectivity index (χ0v) is 11.2. The number of hydrogen-bond acceptors (Lipinski definition) is 3. The fraction of sp³-hybridized carbons (Fsp3) is 0.167. The summed E-state index contributed by atoms with van der Waals surface area (Å²) in [5, 5.41) is -0.337. The van der Waals surface area contributed by atoms with E-state index in [1.807, 2.05) is 0 Å². The van der Waals surface area contributed by atoms with Gasteiger partial charge in [0.2, 0.25) is 0 Å². The van der Waals surface area contributed by atoms with Crippen molar-refractivity contribution in [3.8, 4) is 0 Å². The van der Waals surface area contributed by atoms with Gasteiger partial charge in [0.15, 0.2) is 0 Å². The highest BCUT2D eigenvalue weighted by Crippen LogP contribution is 2.33. The molecule has 1 aromatic heterocycles. The van der Waals surface area contributed by atoms with Crippen LogP contribution in [0.1, 0.15) is 12.1 Å². The van der Waals surface area contributed by atoms with Gasteiger partial charge < -0.3 is 0 Å². The van der Waals surface area contributed by atoms with Crippen molar-refractivity contribution in [1.82, 2.24) is 4.98 Å². The molecule has 0 saturated carbocycles. The number of pyridine rings is 1. The summed E-state index contributed by atoms with van der Waals surface area (Å²) in [7, 11) is 0.954. The maximum atomic E-state index is 12.3. The van der Waals surface area contributed by atoms with Crippen molar-refractivity contribution in [1.29, 1.82) is 0 Å². The molecular weight excluding hydrogens is 386 g/mol. The molecule has 0 aliphatic carbocycles. The lowest BCUT2D eigenvalue weighted by molar-refractivity contribution is 0.145. The molecule has 84 valence electrons. The Morgan fingerprint density at radius 2 is 2.00 bits per heavy atom. The van der Waals surface area contributed by atoms with E-state index in [-0.39, 0.29) is 8.59 Å². The molecule has 0 bridgehead atoms. The summed E-state index contributed by atoms with van der Waals surface area (Å²) in [5.74, 6) is 0. The van der Waals surface area contributed by atoms with Crippen molar-refractivity contribution in [2.75, 3.05) is 0 Å². The van der Waals surface area contributed by atoms with Crippen LogP contribution < -0.4 is 0 Å². The molecule has 1 aromatic rings. The van der Waals surface area contributed by atoms with Crippen LogP contribution in [0.15, 0.2) is 11.1 Å². The molecule has 0 spiro atoms. The standard InChI is InChI=1S/C6H2Cl2F2INO2S/c7-3-2(15(8,13)14)1-12-5(4(3)11)6(9)10/h1,6H. The third-order valence-electron chi connectivity index (χ3n) is 1.42. The maximum absolute atomic E-state index is 12.3. The van der Waals surface area contributed by atoms with Gasteiger partial charge in [-0.15, -0.1) is 0 Å². The second-order valence-corrected chi connectivity index (χ2v) is 6.37. The van der Waals surface area contributed by atoms with Gasteiger partial charge in [0.05, 0.1) is 8.59 Å². The molecule has 1 heterocycles. The van der Waals surface area contributed by atoms with Crippen LogP contribution in [0.25, 0.3) is 0 Å². The van der Waals surface area contributed by atoms with Crippen LogP contribution in [-0.4, -0.2) is 13.4 Å². The Bertz CT molecular complexity index is 494. The van der Waals surface area contributed by atoms with Crippen molar-refractivity contribution >= 4 is 53.9 Å². The fourth-order valence-corrected chi connectivity index (χ4v) is 3.05. The zero-order chi connectivity index (χ0) is 11.8. The minimum atomic E-state index is -4.07. The van der Waals surface area contributed by atoms with Gasteiger partial charge in [-0.2, -0.15) is 0 Å². The molecule has 15 heavy (non-hydrogen) atoms. The highest BCUT2D eigenvalue weighted by Gasteiger charge is 2.23. The Morgan fingerprint density at radius 1 is 1.47 bits per heavy atom. The number of aromatic nitrogens is 1. The number of rotatable bonds is 2. The number of alkyl halides is 2. The van der Waals surface area contributed by atoms with Crippen LogP contribution in [0.4, 0.5) is 8.78 Å². The van der Waals surface area contributed by atoms with E-state index in [1.54, 1.807) is 0 Å². The van der Waals surface area contributed by atoms with Crippen LogP contribution >= 0.6 is 44.9 Å². The Balaban J connectivity index is 3.48. The van der Waals surface area contributed by atoms with E-state index in [2.05, 4.69) is 4.98 Å². The first-order valence-corrected chi connectivity index (χ1v) is 7.08. The summed E-state index contributed by atoms with van der Waals surface area (Å²) in [6.07, 6.45) is -2.10. The van der Waals surface area contributed by atoms with Gasteiger partial charge in [0.25, 0.3) is 15.5 Å². The molecule has 1 rings (SSSR count). The Kier molecular flexibility index (Phi) is 4.13. The van der Waals surface area contributed by atoms with E-state index >= 15 is 0 Å². The summed E-state index contributed by atoms with van der Waals surface area (Å²) in [6, 6.07) is 0. The molecule has 9 heteroatoms. The van der Waals surface area contributed by atoms with E-state index in [0.717, 1.165) is 0 Å². The Hall–Kier alpha value is 0.270. The van der Waals surface area contributed by atoms with Gasteiger partial charge in [-0.25, -0.2) is 17.2 Å². The lowest BCUT2D eigenvalue weighted by Gasteiger charge is -2.06. The first-order chi connectivity index (χ1) is 6.75. The molecule has 0 saturated heterocycles. The third-order valence-corrected chi connectivity index (χ3v) is 4.67. The SMILES string of the molecule is O=S(=O)(Cl)c1cnc(C(F)F)c(I)c1Cl. The quantitative estimate of drug-likeness (QED) is 0.578. The minimum Gasteiger partial charge on any atom is -0.253 e. The van der Waals surface area contributed by atoms with Crippen molar-refractivity contribution in [2.24, 2.45) is 0 Å². The lowest BCUT2D eigenvalue weighted by Crippen LogP contribution is -2.01. The summed E-state index contributed by atoms with van der Waals surface area (Å²) < 4.78 is 46.4. The van der Waals surface area contributed by atoms with Gasteiger partial charge in [0.1, 0.15) is 10.6 Å². The largest absolute Gasteiger partial charge is 0.281 e. The Labute approximate surface area is 107 Å².